The van der Waals surface area contributed by atoms with Gasteiger partial charge in [0.1, 0.15) is 12.1 Å². The molecule has 3 aromatic carbocycles. The molecule has 0 radical (unpaired) electrons. The van der Waals surface area contributed by atoms with Crippen LogP contribution in [0.25, 0.3) is 0 Å². The summed E-state index contributed by atoms with van der Waals surface area (Å²) in [6, 6.07) is 25.8. The van der Waals surface area contributed by atoms with Gasteiger partial charge in [0, 0.05) is 0 Å². The van der Waals surface area contributed by atoms with E-state index in [1.54, 1.807) is 24.3 Å². The van der Waals surface area contributed by atoms with Gasteiger partial charge in [0.15, 0.2) is 6.10 Å². The summed E-state index contributed by atoms with van der Waals surface area (Å²) < 4.78 is 35.8. The average Bonchev–Trinajstić information content (AvgIpc) is 3.23. The summed E-state index contributed by atoms with van der Waals surface area (Å²) in [5.74, 6) is 0.404. The molecule has 4 rings (SSSR count). The van der Waals surface area contributed by atoms with Crippen LogP contribution in [0, 0.1) is 12.3 Å². The van der Waals surface area contributed by atoms with E-state index in [4.69, 9.17) is 9.73 Å². The van der Waals surface area contributed by atoms with Crippen LogP contribution in [0.4, 0.5) is 0 Å². The van der Waals surface area contributed by atoms with Crippen LogP contribution < -0.4 is 4.72 Å². The Balaban J connectivity index is 1.72. The van der Waals surface area contributed by atoms with Gasteiger partial charge < -0.3 is 4.74 Å². The van der Waals surface area contributed by atoms with E-state index < -0.39 is 21.5 Å². The molecule has 0 saturated carbocycles. The number of sulfonamides is 1. The van der Waals surface area contributed by atoms with Gasteiger partial charge in [0.25, 0.3) is 0 Å². The SMILES string of the molecule is Cc1ccc(S(=O)(=O)N[C@H](C2=N[C@@H](c3ccccc3)[C@@H](c3ccccc3)O2)C(C)(C)C)cc1. The Labute approximate surface area is 196 Å². The van der Waals surface area contributed by atoms with E-state index in [0.717, 1.165) is 16.7 Å². The summed E-state index contributed by atoms with van der Waals surface area (Å²) in [4.78, 5) is 5.16. The zero-order chi connectivity index (χ0) is 23.6. The summed E-state index contributed by atoms with van der Waals surface area (Å²) in [6.45, 7) is 7.87. The van der Waals surface area contributed by atoms with Gasteiger partial charge in [-0.25, -0.2) is 13.4 Å². The summed E-state index contributed by atoms with van der Waals surface area (Å²) in [5.41, 5.74) is 2.56. The van der Waals surface area contributed by atoms with Crippen LogP contribution in [0.15, 0.2) is 94.8 Å². The highest BCUT2D eigenvalue weighted by atomic mass is 32.2. The molecule has 3 atom stereocenters. The quantitative estimate of drug-likeness (QED) is 0.518. The monoisotopic (exact) mass is 462 g/mol. The minimum Gasteiger partial charge on any atom is -0.469 e. The first kappa shape index (κ1) is 23.2. The number of hydrogen-bond donors (Lipinski definition) is 1. The number of rotatable bonds is 6. The highest BCUT2D eigenvalue weighted by Gasteiger charge is 2.42. The molecule has 0 spiro atoms. The second-order valence-electron chi connectivity index (χ2n) is 9.51. The zero-order valence-corrected chi connectivity index (χ0v) is 20.2. The maximum atomic E-state index is 13.2. The van der Waals surface area contributed by atoms with Crippen molar-refractivity contribution >= 4 is 15.9 Å². The topological polar surface area (TPSA) is 67.8 Å². The number of aliphatic imine (C=N–C) groups is 1. The lowest BCUT2D eigenvalue weighted by molar-refractivity contribution is 0.177. The number of hydrogen-bond acceptors (Lipinski definition) is 4. The van der Waals surface area contributed by atoms with E-state index in [9.17, 15) is 8.42 Å². The maximum absolute atomic E-state index is 13.2. The maximum Gasteiger partial charge on any atom is 0.241 e. The predicted octanol–water partition coefficient (Wildman–Crippen LogP) is 5.60. The van der Waals surface area contributed by atoms with Gasteiger partial charge in [-0.15, -0.1) is 0 Å². The second-order valence-corrected chi connectivity index (χ2v) is 11.2. The van der Waals surface area contributed by atoms with Crippen molar-refractivity contribution in [2.45, 2.75) is 50.8 Å². The lowest BCUT2D eigenvalue weighted by atomic mass is 9.87. The Hall–Kier alpha value is -2.96. The highest BCUT2D eigenvalue weighted by molar-refractivity contribution is 7.89. The molecule has 33 heavy (non-hydrogen) atoms. The zero-order valence-electron chi connectivity index (χ0n) is 19.4. The van der Waals surface area contributed by atoms with Gasteiger partial charge in [0.05, 0.1) is 4.90 Å². The fourth-order valence-corrected chi connectivity index (χ4v) is 5.30. The predicted molar refractivity (Wildman–Crippen MR) is 132 cm³/mol. The third-order valence-electron chi connectivity index (χ3n) is 5.79. The summed E-state index contributed by atoms with van der Waals surface area (Å²) in [6.07, 6.45) is -0.336. The molecule has 0 amide bonds. The molecule has 1 N–H and O–H groups in total. The minimum absolute atomic E-state index is 0.222. The third-order valence-corrected chi connectivity index (χ3v) is 7.23. The van der Waals surface area contributed by atoms with E-state index >= 15 is 0 Å². The van der Waals surface area contributed by atoms with Gasteiger partial charge >= 0.3 is 0 Å². The van der Waals surface area contributed by atoms with Gasteiger partial charge in [-0.3, -0.25) is 0 Å². The Kier molecular flexibility index (Phi) is 6.41. The molecular formula is C27H30N2O3S. The molecule has 6 heteroatoms. The van der Waals surface area contributed by atoms with Gasteiger partial charge in [-0.05, 0) is 35.6 Å². The Morgan fingerprint density at radius 1 is 0.848 bits per heavy atom. The van der Waals surface area contributed by atoms with Crippen LogP contribution in [0.1, 0.15) is 49.6 Å². The molecule has 5 nitrogen and oxygen atoms in total. The van der Waals surface area contributed by atoms with Crippen molar-refractivity contribution in [3.63, 3.8) is 0 Å². The van der Waals surface area contributed by atoms with E-state index in [-0.39, 0.29) is 17.0 Å². The van der Waals surface area contributed by atoms with Crippen LogP contribution in [0.5, 0.6) is 0 Å². The molecule has 1 aliphatic heterocycles. The van der Waals surface area contributed by atoms with E-state index in [1.165, 1.54) is 0 Å². The van der Waals surface area contributed by atoms with Crippen molar-refractivity contribution in [3.05, 3.63) is 102 Å². The van der Waals surface area contributed by atoms with Crippen molar-refractivity contribution in [2.24, 2.45) is 10.4 Å². The second kappa shape index (κ2) is 9.12. The van der Waals surface area contributed by atoms with E-state index in [2.05, 4.69) is 4.72 Å². The van der Waals surface area contributed by atoms with Crippen molar-refractivity contribution in [2.75, 3.05) is 0 Å². The smallest absolute Gasteiger partial charge is 0.241 e. The summed E-state index contributed by atoms with van der Waals surface area (Å²) in [5, 5.41) is 0. The molecule has 0 unspecified atom stereocenters. The average molecular weight is 463 g/mol. The molecule has 1 heterocycles. The number of aryl methyl sites for hydroxylation is 1. The largest absolute Gasteiger partial charge is 0.469 e. The van der Waals surface area contributed by atoms with E-state index in [1.807, 2.05) is 88.4 Å². The van der Waals surface area contributed by atoms with Crippen LogP contribution >= 0.6 is 0 Å². The molecule has 0 aliphatic carbocycles. The first-order chi connectivity index (χ1) is 15.6. The lowest BCUT2D eigenvalue weighted by Gasteiger charge is -2.31. The lowest BCUT2D eigenvalue weighted by Crippen LogP contribution is -2.49. The van der Waals surface area contributed by atoms with Gasteiger partial charge in [0.2, 0.25) is 15.9 Å². The molecule has 0 fully saturated rings. The number of nitrogens with zero attached hydrogens (tertiary/aromatic N) is 1. The molecule has 0 aromatic heterocycles. The molecule has 0 bridgehead atoms. The standard InChI is InChI=1S/C27H30N2O3S/c1-19-15-17-22(18-16-19)33(30,31)29-25(27(2,3)4)26-28-23(20-11-7-5-8-12-20)24(32-26)21-13-9-6-10-14-21/h5-18,23-25,29H,1-4H3/t23-,24+,25+/m0/s1. The number of ether oxygens (including phenoxy) is 1. The van der Waals surface area contributed by atoms with Gasteiger partial charge in [-0.2, -0.15) is 4.72 Å². The highest BCUT2D eigenvalue weighted by Crippen LogP contribution is 2.42. The van der Waals surface area contributed by atoms with Crippen molar-refractivity contribution in [1.82, 2.24) is 4.72 Å². The van der Waals surface area contributed by atoms with Crippen LogP contribution in [-0.4, -0.2) is 20.4 Å². The molecule has 0 saturated heterocycles. The van der Waals surface area contributed by atoms with Crippen LogP contribution in [0.3, 0.4) is 0 Å². The normalized spacial score (nSPS) is 19.6. The van der Waals surface area contributed by atoms with Gasteiger partial charge in [-0.1, -0.05) is 99.1 Å². The molecule has 172 valence electrons. The van der Waals surface area contributed by atoms with Crippen molar-refractivity contribution < 1.29 is 13.2 Å². The van der Waals surface area contributed by atoms with Crippen molar-refractivity contribution in [1.29, 1.82) is 0 Å². The Morgan fingerprint density at radius 3 is 1.94 bits per heavy atom. The molecule has 1 aliphatic rings. The fourth-order valence-electron chi connectivity index (χ4n) is 3.90. The van der Waals surface area contributed by atoms with E-state index in [0.29, 0.717) is 5.90 Å². The van der Waals surface area contributed by atoms with Crippen molar-refractivity contribution in [3.8, 4) is 0 Å². The first-order valence-corrected chi connectivity index (χ1v) is 12.6. The Bertz CT molecular complexity index is 1220. The Morgan fingerprint density at radius 2 is 1.39 bits per heavy atom. The third kappa shape index (κ3) is 5.18. The fraction of sp³-hybridized carbons (Fsp3) is 0.296. The first-order valence-electron chi connectivity index (χ1n) is 11.1. The molecule has 3 aromatic rings. The summed E-state index contributed by atoms with van der Waals surface area (Å²) in [7, 11) is -3.77. The van der Waals surface area contributed by atoms with Crippen LogP contribution in [-0.2, 0) is 14.8 Å². The number of benzene rings is 3. The molecular weight excluding hydrogens is 432 g/mol. The number of nitrogens with one attached hydrogen (secondary N) is 1. The minimum atomic E-state index is -3.77. The van der Waals surface area contributed by atoms with Crippen LogP contribution in [0.2, 0.25) is 0 Å². The summed E-state index contributed by atoms with van der Waals surface area (Å²) >= 11 is 0.